The third-order valence-corrected chi connectivity index (χ3v) is 2.10. The van der Waals surface area contributed by atoms with E-state index in [0.717, 1.165) is 6.20 Å². The molecule has 0 aliphatic carbocycles. The van der Waals surface area contributed by atoms with E-state index in [1.807, 2.05) is 0 Å². The number of rotatable bonds is 3. The third kappa shape index (κ3) is 6.96. The Labute approximate surface area is 115 Å². The summed E-state index contributed by atoms with van der Waals surface area (Å²) in [6.07, 6.45) is -4.71. The largest absolute Gasteiger partial charge is 0.444 e. The average Bonchev–Trinajstić information content (AvgIpc) is 2.23. The van der Waals surface area contributed by atoms with E-state index in [1.165, 1.54) is 12.1 Å². The Morgan fingerprint density at radius 3 is 2.40 bits per heavy atom. The topological polar surface area (TPSA) is 51.2 Å². The zero-order valence-electron chi connectivity index (χ0n) is 11.5. The number of aromatic nitrogens is 1. The molecule has 0 unspecified atom stereocenters. The summed E-state index contributed by atoms with van der Waals surface area (Å²) in [6.45, 7) is 5.30. The maximum Gasteiger partial charge on any atom is 0.407 e. The number of pyridine rings is 1. The zero-order valence-corrected chi connectivity index (χ0v) is 11.5. The van der Waals surface area contributed by atoms with E-state index in [1.54, 1.807) is 20.8 Å². The van der Waals surface area contributed by atoms with E-state index in [2.05, 4.69) is 10.3 Å². The normalized spacial score (nSPS) is 12.1. The summed E-state index contributed by atoms with van der Waals surface area (Å²) in [4.78, 5) is 15.2. The number of carbonyl (C=O) groups excluding carboxylic acids is 1. The molecule has 1 aromatic heterocycles. The van der Waals surface area contributed by atoms with E-state index in [4.69, 9.17) is 4.74 Å². The Balaban J connectivity index is 2.48. The molecule has 0 radical (unpaired) electrons. The Hall–Kier alpha value is -1.79. The van der Waals surface area contributed by atoms with Crippen LogP contribution in [0.15, 0.2) is 18.3 Å². The molecule has 20 heavy (non-hydrogen) atoms. The van der Waals surface area contributed by atoms with Crippen LogP contribution >= 0.6 is 0 Å². The molecule has 0 aliphatic heterocycles. The van der Waals surface area contributed by atoms with Gasteiger partial charge in [0.15, 0.2) is 0 Å². The van der Waals surface area contributed by atoms with Crippen molar-refractivity contribution in [3.05, 3.63) is 29.6 Å². The molecule has 7 heteroatoms. The monoisotopic (exact) mass is 290 g/mol. The van der Waals surface area contributed by atoms with Gasteiger partial charge in [-0.15, -0.1) is 0 Å². The standard InChI is InChI=1S/C13H17F3N2O2/c1-12(2,3)20-11(19)18-8-10-5-4-9(7-17-10)6-13(14,15)16/h4-5,7H,6,8H2,1-3H3,(H,18,19). The molecule has 1 amide bonds. The second kappa shape index (κ2) is 6.11. The van der Waals surface area contributed by atoms with Crippen LogP contribution in [0.1, 0.15) is 32.0 Å². The highest BCUT2D eigenvalue weighted by Crippen LogP contribution is 2.20. The predicted octanol–water partition coefficient (Wildman–Crippen LogP) is 3.21. The van der Waals surface area contributed by atoms with Crippen LogP contribution < -0.4 is 5.32 Å². The number of carbonyl (C=O) groups is 1. The van der Waals surface area contributed by atoms with Gasteiger partial charge in [0, 0.05) is 6.20 Å². The van der Waals surface area contributed by atoms with Crippen molar-refractivity contribution in [2.45, 2.75) is 45.5 Å². The lowest BCUT2D eigenvalue weighted by Crippen LogP contribution is -2.32. The summed E-state index contributed by atoms with van der Waals surface area (Å²) in [5, 5.41) is 2.48. The maximum atomic E-state index is 12.2. The molecule has 0 bridgehead atoms. The van der Waals surface area contributed by atoms with Gasteiger partial charge in [-0.3, -0.25) is 4.98 Å². The molecule has 0 aromatic carbocycles. The number of nitrogens with zero attached hydrogens (tertiary/aromatic N) is 1. The third-order valence-electron chi connectivity index (χ3n) is 2.10. The second-order valence-corrected chi connectivity index (χ2v) is 5.31. The van der Waals surface area contributed by atoms with E-state index in [-0.39, 0.29) is 12.1 Å². The number of ether oxygens (including phenoxy) is 1. The smallest absolute Gasteiger partial charge is 0.407 e. The summed E-state index contributed by atoms with van der Waals surface area (Å²) in [5.74, 6) is 0. The van der Waals surface area contributed by atoms with Gasteiger partial charge in [0.05, 0.1) is 18.7 Å². The lowest BCUT2D eigenvalue weighted by molar-refractivity contribution is -0.127. The molecule has 1 aromatic rings. The van der Waals surface area contributed by atoms with Crippen LogP contribution in [0.3, 0.4) is 0 Å². The van der Waals surface area contributed by atoms with Crippen molar-refractivity contribution in [3.63, 3.8) is 0 Å². The Morgan fingerprint density at radius 2 is 1.95 bits per heavy atom. The number of nitrogens with one attached hydrogen (secondary N) is 1. The fourth-order valence-corrected chi connectivity index (χ4v) is 1.37. The van der Waals surface area contributed by atoms with Gasteiger partial charge in [-0.05, 0) is 32.4 Å². The minimum Gasteiger partial charge on any atom is -0.444 e. The fraction of sp³-hybridized carbons (Fsp3) is 0.538. The van der Waals surface area contributed by atoms with Crippen molar-refractivity contribution < 1.29 is 22.7 Å². The highest BCUT2D eigenvalue weighted by molar-refractivity contribution is 5.67. The van der Waals surface area contributed by atoms with E-state index < -0.39 is 24.3 Å². The molecule has 112 valence electrons. The lowest BCUT2D eigenvalue weighted by Gasteiger charge is -2.19. The molecule has 0 fully saturated rings. The summed E-state index contributed by atoms with van der Waals surface area (Å²) in [7, 11) is 0. The molecular formula is C13H17F3N2O2. The van der Waals surface area contributed by atoms with Gasteiger partial charge in [0.25, 0.3) is 0 Å². The van der Waals surface area contributed by atoms with Crippen LogP contribution in [0.5, 0.6) is 0 Å². The highest BCUT2D eigenvalue weighted by Gasteiger charge is 2.27. The minimum atomic E-state index is -4.25. The van der Waals surface area contributed by atoms with Crippen molar-refractivity contribution >= 4 is 6.09 Å². The van der Waals surface area contributed by atoms with Gasteiger partial charge in [0.1, 0.15) is 5.60 Å². The summed E-state index contributed by atoms with van der Waals surface area (Å²) < 4.78 is 41.5. The highest BCUT2D eigenvalue weighted by atomic mass is 19.4. The average molecular weight is 290 g/mol. The maximum absolute atomic E-state index is 12.2. The van der Waals surface area contributed by atoms with E-state index in [9.17, 15) is 18.0 Å². The summed E-state index contributed by atoms with van der Waals surface area (Å²) in [6, 6.07) is 2.78. The van der Waals surface area contributed by atoms with Gasteiger partial charge >= 0.3 is 12.3 Å². The minimum absolute atomic E-state index is 0.0820. The molecule has 0 aliphatic rings. The Morgan fingerprint density at radius 1 is 1.30 bits per heavy atom. The van der Waals surface area contributed by atoms with Crippen LogP contribution in [-0.2, 0) is 17.7 Å². The van der Waals surface area contributed by atoms with Crippen molar-refractivity contribution in [1.29, 1.82) is 0 Å². The van der Waals surface area contributed by atoms with Crippen molar-refractivity contribution in [3.8, 4) is 0 Å². The first-order valence-electron chi connectivity index (χ1n) is 6.02. The van der Waals surface area contributed by atoms with Crippen molar-refractivity contribution in [2.24, 2.45) is 0 Å². The van der Waals surface area contributed by atoms with E-state index in [0.29, 0.717) is 5.69 Å². The number of hydrogen-bond donors (Lipinski definition) is 1. The van der Waals surface area contributed by atoms with Crippen LogP contribution in [0.25, 0.3) is 0 Å². The van der Waals surface area contributed by atoms with Gasteiger partial charge in [-0.2, -0.15) is 13.2 Å². The van der Waals surface area contributed by atoms with Crippen molar-refractivity contribution in [1.82, 2.24) is 10.3 Å². The molecule has 0 spiro atoms. The quantitative estimate of drug-likeness (QED) is 0.930. The van der Waals surface area contributed by atoms with Crippen LogP contribution in [0.2, 0.25) is 0 Å². The first-order valence-corrected chi connectivity index (χ1v) is 6.02. The number of hydrogen-bond acceptors (Lipinski definition) is 3. The van der Waals surface area contributed by atoms with Gasteiger partial charge < -0.3 is 10.1 Å². The molecule has 0 atom stereocenters. The number of alkyl carbamates (subject to hydrolysis) is 1. The SMILES string of the molecule is CC(C)(C)OC(=O)NCc1ccc(CC(F)(F)F)cn1. The van der Waals surface area contributed by atoms with Gasteiger partial charge in [0.2, 0.25) is 0 Å². The second-order valence-electron chi connectivity index (χ2n) is 5.31. The van der Waals surface area contributed by atoms with Crippen LogP contribution in [0, 0.1) is 0 Å². The lowest BCUT2D eigenvalue weighted by atomic mass is 10.2. The molecule has 0 saturated carbocycles. The Kier molecular flexibility index (Phi) is 4.97. The predicted molar refractivity (Wildman–Crippen MR) is 67.1 cm³/mol. The van der Waals surface area contributed by atoms with Crippen LogP contribution in [-0.4, -0.2) is 22.9 Å². The molecule has 0 saturated heterocycles. The van der Waals surface area contributed by atoms with Crippen LogP contribution in [0.4, 0.5) is 18.0 Å². The molecule has 4 nitrogen and oxygen atoms in total. The number of alkyl halides is 3. The summed E-state index contributed by atoms with van der Waals surface area (Å²) >= 11 is 0. The molecule has 1 heterocycles. The van der Waals surface area contributed by atoms with Gasteiger partial charge in [-0.1, -0.05) is 6.07 Å². The number of amides is 1. The molecular weight excluding hydrogens is 273 g/mol. The molecule has 1 N–H and O–H groups in total. The van der Waals surface area contributed by atoms with Crippen molar-refractivity contribution in [2.75, 3.05) is 0 Å². The fourth-order valence-electron chi connectivity index (χ4n) is 1.37. The summed E-state index contributed by atoms with van der Waals surface area (Å²) in [5.41, 5.74) is -0.0612. The molecule has 1 rings (SSSR count). The zero-order chi connectivity index (χ0) is 15.4. The number of halogens is 3. The Bertz CT molecular complexity index is 450. The van der Waals surface area contributed by atoms with E-state index >= 15 is 0 Å². The van der Waals surface area contributed by atoms with Gasteiger partial charge in [-0.25, -0.2) is 4.79 Å². The first-order chi connectivity index (χ1) is 9.05. The first kappa shape index (κ1) is 16.3.